The normalized spacial score (nSPS) is 22.1. The Morgan fingerprint density at radius 1 is 1.42 bits per heavy atom. The maximum atomic E-state index is 5.96. The Morgan fingerprint density at radius 3 is 2.63 bits per heavy atom. The molecule has 0 radical (unpaired) electrons. The van der Waals surface area contributed by atoms with Crippen molar-refractivity contribution in [2.24, 2.45) is 5.73 Å². The van der Waals surface area contributed by atoms with Gasteiger partial charge in [0, 0.05) is 30.2 Å². The number of hydrogen-bond donors (Lipinski definition) is 1. The van der Waals surface area contributed by atoms with Crippen molar-refractivity contribution in [1.82, 2.24) is 9.80 Å². The summed E-state index contributed by atoms with van der Waals surface area (Å²) >= 11 is 5.94. The number of likely N-dealkylation sites (tertiary alicyclic amines) is 1. The second kappa shape index (κ2) is 6.71. The van der Waals surface area contributed by atoms with Gasteiger partial charge < -0.3 is 10.6 Å². The lowest BCUT2D eigenvalue weighted by molar-refractivity contribution is 0.179. The first-order chi connectivity index (χ1) is 9.11. The van der Waals surface area contributed by atoms with Gasteiger partial charge in [0.2, 0.25) is 0 Å². The van der Waals surface area contributed by atoms with Crippen LogP contribution in [0, 0.1) is 0 Å². The quantitative estimate of drug-likeness (QED) is 0.899. The molecule has 4 heteroatoms. The van der Waals surface area contributed by atoms with Crippen molar-refractivity contribution in [1.29, 1.82) is 0 Å². The van der Waals surface area contributed by atoms with E-state index < -0.39 is 0 Å². The molecule has 0 aliphatic carbocycles. The standard InChI is InChI=1S/C15H24ClN3/c1-18-9-3-4-14(18)11-19(2)15(10-17)12-5-7-13(16)8-6-12/h5-8,14-15H,3-4,9-11,17H2,1-2H3. The molecule has 106 valence electrons. The summed E-state index contributed by atoms with van der Waals surface area (Å²) in [6, 6.07) is 8.96. The van der Waals surface area contributed by atoms with Gasteiger partial charge in [-0.05, 0) is 51.2 Å². The molecule has 0 spiro atoms. The van der Waals surface area contributed by atoms with Crippen LogP contribution in [0.15, 0.2) is 24.3 Å². The second-order valence-electron chi connectivity index (χ2n) is 5.52. The second-order valence-corrected chi connectivity index (χ2v) is 5.96. The van der Waals surface area contributed by atoms with Crippen molar-refractivity contribution < 1.29 is 0 Å². The molecular weight excluding hydrogens is 258 g/mol. The molecule has 0 aromatic heterocycles. The van der Waals surface area contributed by atoms with Gasteiger partial charge >= 0.3 is 0 Å². The Labute approximate surface area is 121 Å². The van der Waals surface area contributed by atoms with Crippen LogP contribution in [0.1, 0.15) is 24.4 Å². The molecule has 2 unspecified atom stereocenters. The summed E-state index contributed by atoms with van der Waals surface area (Å²) in [5, 5.41) is 0.776. The highest BCUT2D eigenvalue weighted by Crippen LogP contribution is 2.23. The van der Waals surface area contributed by atoms with Crippen LogP contribution in [0.2, 0.25) is 5.02 Å². The highest BCUT2D eigenvalue weighted by molar-refractivity contribution is 6.30. The van der Waals surface area contributed by atoms with E-state index in [0.29, 0.717) is 12.6 Å². The summed E-state index contributed by atoms with van der Waals surface area (Å²) in [5.74, 6) is 0. The molecule has 0 bridgehead atoms. The Hall–Kier alpha value is -0.610. The number of hydrogen-bond acceptors (Lipinski definition) is 3. The Morgan fingerprint density at radius 2 is 2.11 bits per heavy atom. The van der Waals surface area contributed by atoms with E-state index in [4.69, 9.17) is 17.3 Å². The van der Waals surface area contributed by atoms with Gasteiger partial charge in [-0.3, -0.25) is 4.90 Å². The monoisotopic (exact) mass is 281 g/mol. The summed E-state index contributed by atoms with van der Waals surface area (Å²) in [7, 11) is 4.38. The van der Waals surface area contributed by atoms with E-state index in [0.717, 1.165) is 11.6 Å². The Balaban J connectivity index is 2.02. The van der Waals surface area contributed by atoms with Gasteiger partial charge in [0.25, 0.3) is 0 Å². The fourth-order valence-electron chi connectivity index (χ4n) is 2.93. The van der Waals surface area contributed by atoms with Crippen LogP contribution in [0.25, 0.3) is 0 Å². The Kier molecular flexibility index (Phi) is 5.22. The molecule has 1 saturated heterocycles. The molecule has 0 amide bonds. The third kappa shape index (κ3) is 3.69. The molecular formula is C15H24ClN3. The summed E-state index contributed by atoms with van der Waals surface area (Å²) in [5.41, 5.74) is 7.21. The van der Waals surface area contributed by atoms with Crippen molar-refractivity contribution in [3.63, 3.8) is 0 Å². The number of rotatable bonds is 5. The van der Waals surface area contributed by atoms with E-state index in [2.05, 4.69) is 36.0 Å². The first-order valence-corrected chi connectivity index (χ1v) is 7.35. The minimum atomic E-state index is 0.270. The number of benzene rings is 1. The number of likely N-dealkylation sites (N-methyl/N-ethyl adjacent to an activating group) is 2. The predicted molar refractivity (Wildman–Crippen MR) is 81.5 cm³/mol. The zero-order valence-electron chi connectivity index (χ0n) is 11.8. The molecule has 2 N–H and O–H groups in total. The predicted octanol–water partition coefficient (Wildman–Crippen LogP) is 2.37. The van der Waals surface area contributed by atoms with Gasteiger partial charge in [0.05, 0.1) is 0 Å². The zero-order valence-corrected chi connectivity index (χ0v) is 12.6. The van der Waals surface area contributed by atoms with Gasteiger partial charge in [-0.2, -0.15) is 0 Å². The minimum absolute atomic E-state index is 0.270. The first-order valence-electron chi connectivity index (χ1n) is 6.98. The lowest BCUT2D eigenvalue weighted by atomic mass is 10.0. The smallest absolute Gasteiger partial charge is 0.0468 e. The van der Waals surface area contributed by atoms with Crippen molar-refractivity contribution in [3.8, 4) is 0 Å². The van der Waals surface area contributed by atoms with E-state index >= 15 is 0 Å². The molecule has 1 heterocycles. The lowest BCUT2D eigenvalue weighted by Crippen LogP contribution is -2.40. The fourth-order valence-corrected chi connectivity index (χ4v) is 3.05. The van der Waals surface area contributed by atoms with Crippen LogP contribution in [0.4, 0.5) is 0 Å². The summed E-state index contributed by atoms with van der Waals surface area (Å²) < 4.78 is 0. The molecule has 2 rings (SSSR count). The molecule has 1 aliphatic rings. The van der Waals surface area contributed by atoms with E-state index in [1.54, 1.807) is 0 Å². The maximum Gasteiger partial charge on any atom is 0.0468 e. The molecule has 1 aromatic rings. The Bertz CT molecular complexity index is 393. The van der Waals surface area contributed by atoms with Crippen LogP contribution in [0.5, 0.6) is 0 Å². The summed E-state index contributed by atoms with van der Waals surface area (Å²) in [6.45, 7) is 2.92. The highest BCUT2D eigenvalue weighted by Gasteiger charge is 2.25. The van der Waals surface area contributed by atoms with Crippen molar-refractivity contribution in [3.05, 3.63) is 34.9 Å². The first kappa shape index (κ1) is 14.8. The summed E-state index contributed by atoms with van der Waals surface area (Å²) in [4.78, 5) is 4.82. The van der Waals surface area contributed by atoms with Gasteiger partial charge in [-0.25, -0.2) is 0 Å². The molecule has 0 saturated carbocycles. The molecule has 1 fully saturated rings. The lowest BCUT2D eigenvalue weighted by Gasteiger charge is -2.32. The third-order valence-corrected chi connectivity index (χ3v) is 4.43. The third-order valence-electron chi connectivity index (χ3n) is 4.18. The average molecular weight is 282 g/mol. The molecule has 3 nitrogen and oxygen atoms in total. The van der Waals surface area contributed by atoms with E-state index in [-0.39, 0.29) is 6.04 Å². The molecule has 2 atom stereocenters. The van der Waals surface area contributed by atoms with Crippen LogP contribution in [-0.4, -0.2) is 49.6 Å². The zero-order chi connectivity index (χ0) is 13.8. The maximum absolute atomic E-state index is 5.96. The van der Waals surface area contributed by atoms with Gasteiger partial charge in [0.1, 0.15) is 0 Å². The van der Waals surface area contributed by atoms with Gasteiger partial charge in [-0.1, -0.05) is 23.7 Å². The van der Waals surface area contributed by atoms with Crippen molar-refractivity contribution >= 4 is 11.6 Å². The van der Waals surface area contributed by atoms with E-state index in [9.17, 15) is 0 Å². The average Bonchev–Trinajstić information content (AvgIpc) is 2.78. The number of nitrogens with zero attached hydrogens (tertiary/aromatic N) is 2. The number of nitrogens with two attached hydrogens (primary N) is 1. The van der Waals surface area contributed by atoms with Crippen LogP contribution >= 0.6 is 11.6 Å². The van der Waals surface area contributed by atoms with E-state index in [1.165, 1.54) is 24.9 Å². The largest absolute Gasteiger partial charge is 0.329 e. The molecule has 19 heavy (non-hydrogen) atoms. The van der Waals surface area contributed by atoms with Crippen molar-refractivity contribution in [2.45, 2.75) is 24.9 Å². The van der Waals surface area contributed by atoms with Crippen LogP contribution < -0.4 is 5.73 Å². The van der Waals surface area contributed by atoms with Crippen LogP contribution in [0.3, 0.4) is 0 Å². The highest BCUT2D eigenvalue weighted by atomic mass is 35.5. The SMILES string of the molecule is CN1CCCC1CN(C)C(CN)c1ccc(Cl)cc1. The molecule has 1 aliphatic heterocycles. The fraction of sp³-hybridized carbons (Fsp3) is 0.600. The van der Waals surface area contributed by atoms with Crippen molar-refractivity contribution in [2.75, 3.05) is 33.7 Å². The van der Waals surface area contributed by atoms with Crippen LogP contribution in [-0.2, 0) is 0 Å². The van der Waals surface area contributed by atoms with Gasteiger partial charge in [-0.15, -0.1) is 0 Å². The van der Waals surface area contributed by atoms with Gasteiger partial charge in [0.15, 0.2) is 0 Å². The minimum Gasteiger partial charge on any atom is -0.329 e. The molecule has 1 aromatic carbocycles. The topological polar surface area (TPSA) is 32.5 Å². The summed E-state index contributed by atoms with van der Waals surface area (Å²) in [6.07, 6.45) is 2.60. The van der Waals surface area contributed by atoms with E-state index in [1.807, 2.05) is 12.1 Å². The number of halogens is 1.